The second kappa shape index (κ2) is 6.68. The Balaban J connectivity index is 1.60. The molecular formula is C17H21NO6. The fourth-order valence-electron chi connectivity index (χ4n) is 3.05. The highest BCUT2D eigenvalue weighted by molar-refractivity contribution is 5.80. The molecule has 0 bridgehead atoms. The zero-order valence-electron chi connectivity index (χ0n) is 13.6. The molecule has 1 saturated heterocycles. The van der Waals surface area contributed by atoms with Gasteiger partial charge in [-0.25, -0.2) is 0 Å². The van der Waals surface area contributed by atoms with E-state index in [-0.39, 0.29) is 18.7 Å². The molecule has 2 aliphatic heterocycles. The number of amides is 1. The zero-order valence-corrected chi connectivity index (χ0v) is 13.6. The third-order valence-electron chi connectivity index (χ3n) is 4.49. The number of likely N-dealkylation sites (tertiary alicyclic amines) is 1. The van der Waals surface area contributed by atoms with Crippen LogP contribution in [0, 0.1) is 0 Å². The Kier molecular flexibility index (Phi) is 4.62. The summed E-state index contributed by atoms with van der Waals surface area (Å²) in [4.78, 5) is 24.3. The number of hydrogen-bond donors (Lipinski definition) is 1. The SMILES string of the molecule is COc1ccc2c(c1)COC1(CCN(C(=O)CCC(=O)O)CC1)O2. The first kappa shape index (κ1) is 16.6. The highest BCUT2D eigenvalue weighted by atomic mass is 16.7. The number of ether oxygens (including phenoxy) is 3. The van der Waals surface area contributed by atoms with Crippen molar-refractivity contribution in [2.45, 2.75) is 38.1 Å². The lowest BCUT2D eigenvalue weighted by Crippen LogP contribution is -2.52. The monoisotopic (exact) mass is 335 g/mol. The maximum absolute atomic E-state index is 12.0. The number of carbonyl (C=O) groups excluding carboxylic acids is 1. The van der Waals surface area contributed by atoms with Crippen LogP contribution in [0.5, 0.6) is 11.5 Å². The van der Waals surface area contributed by atoms with Crippen molar-refractivity contribution in [3.05, 3.63) is 23.8 Å². The molecule has 2 aliphatic rings. The number of aliphatic carboxylic acids is 1. The fourth-order valence-corrected chi connectivity index (χ4v) is 3.05. The van der Waals surface area contributed by atoms with Crippen LogP contribution in [0.2, 0.25) is 0 Å². The molecule has 0 unspecified atom stereocenters. The first-order valence-electron chi connectivity index (χ1n) is 8.01. The van der Waals surface area contributed by atoms with Crippen LogP contribution in [-0.4, -0.2) is 47.9 Å². The molecule has 2 heterocycles. The van der Waals surface area contributed by atoms with Gasteiger partial charge in [-0.3, -0.25) is 9.59 Å². The Morgan fingerprint density at radius 1 is 1.29 bits per heavy atom. The van der Waals surface area contributed by atoms with E-state index in [4.69, 9.17) is 19.3 Å². The summed E-state index contributed by atoms with van der Waals surface area (Å²) < 4.78 is 17.2. The van der Waals surface area contributed by atoms with E-state index in [9.17, 15) is 9.59 Å². The van der Waals surface area contributed by atoms with E-state index < -0.39 is 11.8 Å². The molecule has 24 heavy (non-hydrogen) atoms. The van der Waals surface area contributed by atoms with Crippen LogP contribution in [-0.2, 0) is 20.9 Å². The average molecular weight is 335 g/mol. The molecule has 1 aromatic rings. The minimum absolute atomic E-state index is 0.0344. The molecule has 0 saturated carbocycles. The lowest BCUT2D eigenvalue weighted by molar-refractivity contribution is -0.227. The van der Waals surface area contributed by atoms with Gasteiger partial charge in [0.15, 0.2) is 0 Å². The molecule has 0 aromatic heterocycles. The van der Waals surface area contributed by atoms with E-state index in [1.165, 1.54) is 0 Å². The summed E-state index contributed by atoms with van der Waals surface area (Å²) in [6.45, 7) is 1.45. The Hall–Kier alpha value is -2.28. The van der Waals surface area contributed by atoms with Crippen LogP contribution in [0.4, 0.5) is 0 Å². The van der Waals surface area contributed by atoms with Crippen molar-refractivity contribution >= 4 is 11.9 Å². The molecule has 1 N–H and O–H groups in total. The Morgan fingerprint density at radius 2 is 2.04 bits per heavy atom. The minimum atomic E-state index is -0.956. The van der Waals surface area contributed by atoms with Crippen molar-refractivity contribution in [1.82, 2.24) is 4.90 Å². The second-order valence-electron chi connectivity index (χ2n) is 6.05. The van der Waals surface area contributed by atoms with E-state index >= 15 is 0 Å². The van der Waals surface area contributed by atoms with Crippen LogP contribution in [0.25, 0.3) is 0 Å². The molecule has 7 heteroatoms. The standard InChI is InChI=1S/C17H21NO6/c1-22-13-2-3-14-12(10-13)11-23-17(24-14)6-8-18(9-7-17)15(19)4-5-16(20)21/h2-3,10H,4-9,11H2,1H3,(H,20,21). The number of benzene rings is 1. The molecular weight excluding hydrogens is 314 g/mol. The Morgan fingerprint density at radius 3 is 2.71 bits per heavy atom. The van der Waals surface area contributed by atoms with Gasteiger partial charge in [0, 0.05) is 37.9 Å². The summed E-state index contributed by atoms with van der Waals surface area (Å²) in [5, 5.41) is 8.67. The zero-order chi connectivity index (χ0) is 17.2. The topological polar surface area (TPSA) is 85.3 Å². The van der Waals surface area contributed by atoms with Crippen LogP contribution in [0.3, 0.4) is 0 Å². The second-order valence-corrected chi connectivity index (χ2v) is 6.05. The van der Waals surface area contributed by atoms with Gasteiger partial charge < -0.3 is 24.2 Å². The van der Waals surface area contributed by atoms with Gasteiger partial charge in [0.05, 0.1) is 20.1 Å². The molecule has 1 spiro atoms. The van der Waals surface area contributed by atoms with Gasteiger partial charge in [0.1, 0.15) is 11.5 Å². The van der Waals surface area contributed by atoms with Crippen molar-refractivity contribution in [3.8, 4) is 11.5 Å². The fraction of sp³-hybridized carbons (Fsp3) is 0.529. The minimum Gasteiger partial charge on any atom is -0.497 e. The largest absolute Gasteiger partial charge is 0.497 e. The van der Waals surface area contributed by atoms with E-state index in [2.05, 4.69) is 0 Å². The van der Waals surface area contributed by atoms with Crippen LogP contribution >= 0.6 is 0 Å². The van der Waals surface area contributed by atoms with Gasteiger partial charge in [0.25, 0.3) is 0 Å². The molecule has 130 valence electrons. The summed E-state index contributed by atoms with van der Waals surface area (Å²) in [7, 11) is 1.62. The number of fused-ring (bicyclic) bond motifs is 1. The predicted molar refractivity (Wildman–Crippen MR) is 83.8 cm³/mol. The van der Waals surface area contributed by atoms with E-state index in [0.29, 0.717) is 32.5 Å². The lowest BCUT2D eigenvalue weighted by atomic mass is 10.0. The maximum Gasteiger partial charge on any atom is 0.303 e. The molecule has 0 aliphatic carbocycles. The molecule has 7 nitrogen and oxygen atoms in total. The summed E-state index contributed by atoms with van der Waals surface area (Å²) in [6.07, 6.45) is 1.03. The van der Waals surface area contributed by atoms with E-state index in [1.807, 2.05) is 18.2 Å². The highest BCUT2D eigenvalue weighted by Crippen LogP contribution is 2.38. The molecule has 0 radical (unpaired) electrons. The number of carboxylic acids is 1. The van der Waals surface area contributed by atoms with Crippen LogP contribution < -0.4 is 9.47 Å². The van der Waals surface area contributed by atoms with Crippen molar-refractivity contribution in [1.29, 1.82) is 0 Å². The lowest BCUT2D eigenvalue weighted by Gasteiger charge is -2.44. The van der Waals surface area contributed by atoms with E-state index in [0.717, 1.165) is 17.1 Å². The van der Waals surface area contributed by atoms with Gasteiger partial charge in [0.2, 0.25) is 11.7 Å². The molecule has 0 atom stereocenters. The number of hydrogen-bond acceptors (Lipinski definition) is 5. The number of nitrogens with zero attached hydrogens (tertiary/aromatic N) is 1. The molecule has 1 fully saturated rings. The summed E-state index contributed by atoms with van der Waals surface area (Å²) in [5.41, 5.74) is 0.944. The van der Waals surface area contributed by atoms with Gasteiger partial charge >= 0.3 is 5.97 Å². The summed E-state index contributed by atoms with van der Waals surface area (Å²) in [5.74, 6) is -0.245. The highest BCUT2D eigenvalue weighted by Gasteiger charge is 2.41. The number of carbonyl (C=O) groups is 2. The number of methoxy groups -OCH3 is 1. The van der Waals surface area contributed by atoms with Gasteiger partial charge in [-0.05, 0) is 18.2 Å². The van der Waals surface area contributed by atoms with Gasteiger partial charge in [-0.2, -0.15) is 0 Å². The number of rotatable bonds is 4. The average Bonchev–Trinajstić information content (AvgIpc) is 2.60. The third kappa shape index (κ3) is 3.46. The van der Waals surface area contributed by atoms with E-state index in [1.54, 1.807) is 12.0 Å². The Bertz CT molecular complexity index is 636. The summed E-state index contributed by atoms with van der Waals surface area (Å²) in [6, 6.07) is 5.62. The van der Waals surface area contributed by atoms with Gasteiger partial charge in [-0.1, -0.05) is 0 Å². The van der Waals surface area contributed by atoms with Crippen molar-refractivity contribution in [2.75, 3.05) is 20.2 Å². The molecule has 1 aromatic carbocycles. The third-order valence-corrected chi connectivity index (χ3v) is 4.49. The number of piperidine rings is 1. The van der Waals surface area contributed by atoms with Crippen LogP contribution in [0.15, 0.2) is 18.2 Å². The smallest absolute Gasteiger partial charge is 0.303 e. The summed E-state index contributed by atoms with van der Waals surface area (Å²) >= 11 is 0. The maximum atomic E-state index is 12.0. The van der Waals surface area contributed by atoms with Crippen molar-refractivity contribution < 1.29 is 28.9 Å². The van der Waals surface area contributed by atoms with Crippen molar-refractivity contribution in [2.24, 2.45) is 0 Å². The molecule has 1 amide bonds. The first-order valence-corrected chi connectivity index (χ1v) is 8.01. The normalized spacial score (nSPS) is 18.6. The predicted octanol–water partition coefficient (Wildman–Crippen LogP) is 1.79. The van der Waals surface area contributed by atoms with Gasteiger partial charge in [-0.15, -0.1) is 0 Å². The number of carboxylic acid groups (broad SMARTS) is 1. The first-order chi connectivity index (χ1) is 11.5. The molecule has 3 rings (SSSR count). The quantitative estimate of drug-likeness (QED) is 0.903. The Labute approximate surface area is 140 Å². The van der Waals surface area contributed by atoms with Crippen LogP contribution in [0.1, 0.15) is 31.2 Å². The van der Waals surface area contributed by atoms with Crippen molar-refractivity contribution in [3.63, 3.8) is 0 Å².